The van der Waals surface area contributed by atoms with Crippen LogP contribution >= 0.6 is 11.3 Å². The summed E-state index contributed by atoms with van der Waals surface area (Å²) in [5, 5.41) is 3.70. The second-order valence-electron chi connectivity index (χ2n) is 5.67. The highest BCUT2D eigenvalue weighted by molar-refractivity contribution is 7.18. The predicted octanol–water partition coefficient (Wildman–Crippen LogP) is 3.89. The van der Waals surface area contributed by atoms with Gasteiger partial charge >= 0.3 is 0 Å². The number of hydrogen-bond acceptors (Lipinski definition) is 4. The van der Waals surface area contributed by atoms with E-state index in [-0.39, 0.29) is 17.8 Å². The van der Waals surface area contributed by atoms with Crippen molar-refractivity contribution in [3.8, 4) is 0 Å². The van der Waals surface area contributed by atoms with Crippen LogP contribution in [0.4, 0.5) is 10.1 Å². The number of rotatable bonds is 5. The van der Waals surface area contributed by atoms with Gasteiger partial charge in [0.05, 0.1) is 22.8 Å². The molecule has 3 aromatic rings. The monoisotopic (exact) mass is 343 g/mol. The van der Waals surface area contributed by atoms with Crippen LogP contribution in [0.15, 0.2) is 48.5 Å². The average molecular weight is 343 g/mol. The standard InChI is InChI=1S/C18H18FN3OS/c1-12(18(23)20-14-7-5-6-13(19)10-14)22(2)11-17-21-15-8-3-4-9-16(15)24-17/h3-10,12H,11H2,1-2H3,(H,20,23)/t12-/m0/s1. The first-order chi connectivity index (χ1) is 11.5. The SMILES string of the molecule is C[C@@H](C(=O)Nc1cccc(F)c1)N(C)Cc1nc2ccccc2s1. The zero-order valence-electron chi connectivity index (χ0n) is 13.5. The minimum absolute atomic E-state index is 0.177. The Labute approximate surface area is 143 Å². The number of carbonyl (C=O) groups excluding carboxylic acids is 1. The summed E-state index contributed by atoms with van der Waals surface area (Å²) in [7, 11) is 1.88. The van der Waals surface area contributed by atoms with Crippen LogP contribution in [0.25, 0.3) is 10.2 Å². The van der Waals surface area contributed by atoms with E-state index in [1.807, 2.05) is 43.1 Å². The molecule has 1 N–H and O–H groups in total. The lowest BCUT2D eigenvalue weighted by atomic mass is 10.2. The van der Waals surface area contributed by atoms with Gasteiger partial charge in [0.15, 0.2) is 0 Å². The number of para-hydroxylation sites is 1. The fraction of sp³-hybridized carbons (Fsp3) is 0.222. The molecule has 0 aliphatic rings. The fourth-order valence-corrected chi connectivity index (χ4v) is 3.38. The van der Waals surface area contributed by atoms with Crippen LogP contribution < -0.4 is 5.32 Å². The van der Waals surface area contributed by atoms with Gasteiger partial charge in [0.1, 0.15) is 10.8 Å². The fourth-order valence-electron chi connectivity index (χ4n) is 2.35. The van der Waals surface area contributed by atoms with E-state index in [1.165, 1.54) is 12.1 Å². The third kappa shape index (κ3) is 3.77. The lowest BCUT2D eigenvalue weighted by molar-refractivity contribution is -0.120. The van der Waals surface area contributed by atoms with Crippen molar-refractivity contribution in [2.24, 2.45) is 0 Å². The molecule has 1 heterocycles. The van der Waals surface area contributed by atoms with E-state index < -0.39 is 0 Å². The summed E-state index contributed by atoms with van der Waals surface area (Å²) in [5.74, 6) is -0.549. The Kier molecular flexibility index (Phi) is 4.87. The van der Waals surface area contributed by atoms with Crippen molar-refractivity contribution >= 4 is 33.1 Å². The number of benzene rings is 2. The highest BCUT2D eigenvalue weighted by Gasteiger charge is 2.19. The second-order valence-corrected chi connectivity index (χ2v) is 6.78. The maximum atomic E-state index is 13.2. The number of nitrogens with zero attached hydrogens (tertiary/aromatic N) is 2. The number of aromatic nitrogens is 1. The molecule has 1 amide bonds. The molecule has 0 aliphatic carbocycles. The number of likely N-dealkylation sites (N-methyl/N-ethyl adjacent to an activating group) is 1. The molecule has 124 valence electrons. The molecule has 4 nitrogen and oxygen atoms in total. The molecule has 0 saturated carbocycles. The Morgan fingerprint density at radius 3 is 2.83 bits per heavy atom. The predicted molar refractivity (Wildman–Crippen MR) is 95.6 cm³/mol. The third-order valence-corrected chi connectivity index (χ3v) is 4.88. The highest BCUT2D eigenvalue weighted by atomic mass is 32.1. The molecule has 1 atom stereocenters. The van der Waals surface area contributed by atoms with Crippen molar-refractivity contribution in [2.75, 3.05) is 12.4 Å². The van der Waals surface area contributed by atoms with Gasteiger partial charge in [-0.25, -0.2) is 9.37 Å². The molecular formula is C18H18FN3OS. The first-order valence-electron chi connectivity index (χ1n) is 7.64. The summed E-state index contributed by atoms with van der Waals surface area (Å²) in [4.78, 5) is 18.8. The van der Waals surface area contributed by atoms with Gasteiger partial charge in [-0.15, -0.1) is 11.3 Å². The van der Waals surface area contributed by atoms with Crippen molar-refractivity contribution in [3.63, 3.8) is 0 Å². The van der Waals surface area contributed by atoms with Crippen LogP contribution in [-0.2, 0) is 11.3 Å². The van der Waals surface area contributed by atoms with Crippen molar-refractivity contribution in [3.05, 3.63) is 59.4 Å². The van der Waals surface area contributed by atoms with E-state index in [4.69, 9.17) is 0 Å². The first kappa shape index (κ1) is 16.5. The van der Waals surface area contributed by atoms with Gasteiger partial charge < -0.3 is 5.32 Å². The van der Waals surface area contributed by atoms with Gasteiger partial charge in [-0.3, -0.25) is 9.69 Å². The summed E-state index contributed by atoms with van der Waals surface area (Å²) in [6, 6.07) is 13.5. The Bertz CT molecular complexity index is 831. The Balaban J connectivity index is 1.65. The van der Waals surface area contributed by atoms with Crippen molar-refractivity contribution < 1.29 is 9.18 Å². The highest BCUT2D eigenvalue weighted by Crippen LogP contribution is 2.23. The maximum Gasteiger partial charge on any atom is 0.241 e. The van der Waals surface area contributed by atoms with Crippen LogP contribution in [0.5, 0.6) is 0 Å². The third-order valence-electron chi connectivity index (χ3n) is 3.86. The molecule has 0 aliphatic heterocycles. The molecule has 0 radical (unpaired) electrons. The zero-order valence-corrected chi connectivity index (χ0v) is 14.3. The van der Waals surface area contributed by atoms with E-state index in [1.54, 1.807) is 23.5 Å². The minimum Gasteiger partial charge on any atom is -0.325 e. The molecule has 0 fully saturated rings. The van der Waals surface area contributed by atoms with Gasteiger partial charge in [0, 0.05) is 5.69 Å². The van der Waals surface area contributed by atoms with Crippen LogP contribution in [0, 0.1) is 5.82 Å². The average Bonchev–Trinajstić information content (AvgIpc) is 2.96. The molecule has 1 aromatic heterocycles. The molecule has 2 aromatic carbocycles. The number of anilines is 1. The smallest absolute Gasteiger partial charge is 0.241 e. The lowest BCUT2D eigenvalue weighted by Gasteiger charge is -2.22. The number of halogens is 1. The Morgan fingerprint density at radius 1 is 1.29 bits per heavy atom. The Morgan fingerprint density at radius 2 is 2.08 bits per heavy atom. The van der Waals surface area contributed by atoms with E-state index in [2.05, 4.69) is 10.3 Å². The maximum absolute atomic E-state index is 13.2. The lowest BCUT2D eigenvalue weighted by Crippen LogP contribution is -2.39. The molecule has 0 spiro atoms. The van der Waals surface area contributed by atoms with Crippen LogP contribution in [0.3, 0.4) is 0 Å². The molecule has 0 bridgehead atoms. The molecule has 0 unspecified atom stereocenters. The number of amides is 1. The summed E-state index contributed by atoms with van der Waals surface area (Å²) in [6.07, 6.45) is 0. The van der Waals surface area contributed by atoms with Crippen LogP contribution in [0.2, 0.25) is 0 Å². The number of hydrogen-bond donors (Lipinski definition) is 1. The quantitative estimate of drug-likeness (QED) is 0.764. The molecule has 3 rings (SSSR count). The second kappa shape index (κ2) is 7.07. The van der Waals surface area contributed by atoms with Gasteiger partial charge in [-0.1, -0.05) is 18.2 Å². The van der Waals surface area contributed by atoms with E-state index in [0.717, 1.165) is 15.2 Å². The van der Waals surface area contributed by atoms with E-state index in [0.29, 0.717) is 12.2 Å². The zero-order chi connectivity index (χ0) is 17.1. The Hall–Kier alpha value is -2.31. The topological polar surface area (TPSA) is 45.2 Å². The summed E-state index contributed by atoms with van der Waals surface area (Å²) < 4.78 is 14.3. The van der Waals surface area contributed by atoms with Crippen molar-refractivity contribution in [2.45, 2.75) is 19.5 Å². The van der Waals surface area contributed by atoms with Crippen LogP contribution in [-0.4, -0.2) is 28.9 Å². The van der Waals surface area contributed by atoms with Crippen molar-refractivity contribution in [1.29, 1.82) is 0 Å². The molecule has 0 saturated heterocycles. The first-order valence-corrected chi connectivity index (χ1v) is 8.46. The van der Waals surface area contributed by atoms with E-state index in [9.17, 15) is 9.18 Å². The minimum atomic E-state index is -0.372. The normalized spacial score (nSPS) is 12.5. The number of carbonyl (C=O) groups is 1. The van der Waals surface area contributed by atoms with Gasteiger partial charge in [-0.05, 0) is 44.3 Å². The van der Waals surface area contributed by atoms with Crippen molar-refractivity contribution in [1.82, 2.24) is 9.88 Å². The van der Waals surface area contributed by atoms with Gasteiger partial charge in [-0.2, -0.15) is 0 Å². The van der Waals surface area contributed by atoms with Gasteiger partial charge in [0.25, 0.3) is 0 Å². The van der Waals surface area contributed by atoms with E-state index >= 15 is 0 Å². The number of fused-ring (bicyclic) bond motifs is 1. The molecular weight excluding hydrogens is 325 g/mol. The number of nitrogens with one attached hydrogen (secondary N) is 1. The van der Waals surface area contributed by atoms with Gasteiger partial charge in [0.2, 0.25) is 5.91 Å². The molecule has 6 heteroatoms. The number of thiazole rings is 1. The summed E-state index contributed by atoms with van der Waals surface area (Å²) >= 11 is 1.63. The largest absolute Gasteiger partial charge is 0.325 e. The summed E-state index contributed by atoms with van der Waals surface area (Å²) in [5.41, 5.74) is 1.43. The molecule has 24 heavy (non-hydrogen) atoms. The summed E-state index contributed by atoms with van der Waals surface area (Å²) in [6.45, 7) is 2.40. The van der Waals surface area contributed by atoms with Crippen LogP contribution in [0.1, 0.15) is 11.9 Å².